The summed E-state index contributed by atoms with van der Waals surface area (Å²) in [5, 5.41) is 8.95. The average Bonchev–Trinajstić information content (AvgIpc) is 3.32. The first-order valence-corrected chi connectivity index (χ1v) is 9.69. The van der Waals surface area contributed by atoms with Crippen LogP contribution in [-0.4, -0.2) is 67.2 Å². The normalized spacial score (nSPS) is 25.3. The van der Waals surface area contributed by atoms with Gasteiger partial charge in [-0.25, -0.2) is 14.8 Å². The Morgan fingerprint density at radius 1 is 1.14 bits per heavy atom. The van der Waals surface area contributed by atoms with Gasteiger partial charge in [0.1, 0.15) is 18.0 Å². The minimum Gasteiger partial charge on any atom is -0.497 e. The number of carbonyl (C=O) groups is 1. The predicted octanol–water partition coefficient (Wildman–Crippen LogP) is 1.42. The molecular weight excluding hydrogens is 374 g/mol. The molecule has 9 nitrogen and oxygen atoms in total. The number of urea groups is 1. The van der Waals surface area contributed by atoms with Crippen LogP contribution < -0.4 is 20.7 Å². The highest BCUT2D eigenvalue weighted by Gasteiger charge is 2.48. The van der Waals surface area contributed by atoms with Crippen molar-refractivity contribution in [3.8, 4) is 17.0 Å². The van der Waals surface area contributed by atoms with E-state index in [0.717, 1.165) is 17.0 Å². The largest absolute Gasteiger partial charge is 0.497 e. The van der Waals surface area contributed by atoms with E-state index in [1.54, 1.807) is 13.3 Å². The van der Waals surface area contributed by atoms with Crippen molar-refractivity contribution in [3.63, 3.8) is 0 Å². The molecule has 4 rings (SSSR count). The number of aromatic nitrogens is 2. The second-order valence-electron chi connectivity index (χ2n) is 6.95. The number of anilines is 1. The molecular formula is C20H25N5O4. The number of ether oxygens (including phenoxy) is 3. The van der Waals surface area contributed by atoms with Crippen LogP contribution in [0.2, 0.25) is 0 Å². The first-order valence-electron chi connectivity index (χ1n) is 9.69. The highest BCUT2D eigenvalue weighted by atomic mass is 16.6. The standard InChI is InChI=1S/C20H25N5O4/c1-3-21-20(26)25-16-11-29-17-15(10-28-18(16)17)24-19-22-9-8-14(23-19)12-4-6-13(27-2)7-5-12/h4-9,15-18H,3,10-11H2,1-2H3,(H2,21,25,26)(H,22,23,24)/t15-,16-,17+,18+/m0/s1. The number of nitrogens with one attached hydrogen (secondary N) is 3. The molecule has 4 atom stereocenters. The molecule has 9 heteroatoms. The van der Waals surface area contributed by atoms with E-state index in [9.17, 15) is 4.79 Å². The third kappa shape index (κ3) is 4.25. The molecule has 0 bridgehead atoms. The number of methoxy groups -OCH3 is 1. The van der Waals surface area contributed by atoms with Crippen molar-refractivity contribution < 1.29 is 19.0 Å². The first-order chi connectivity index (χ1) is 14.2. The lowest BCUT2D eigenvalue weighted by molar-refractivity contribution is 0.0682. The van der Waals surface area contributed by atoms with Crippen LogP contribution in [0.3, 0.4) is 0 Å². The average molecular weight is 399 g/mol. The molecule has 154 valence electrons. The summed E-state index contributed by atoms with van der Waals surface area (Å²) in [6, 6.07) is 9.09. The number of hydrogen-bond acceptors (Lipinski definition) is 7. The van der Waals surface area contributed by atoms with Crippen LogP contribution in [0.15, 0.2) is 36.5 Å². The third-order valence-electron chi connectivity index (χ3n) is 5.06. The number of carbonyl (C=O) groups excluding carboxylic acids is 1. The van der Waals surface area contributed by atoms with Gasteiger partial charge in [0, 0.05) is 18.3 Å². The maximum absolute atomic E-state index is 11.8. The molecule has 2 aliphatic heterocycles. The summed E-state index contributed by atoms with van der Waals surface area (Å²) in [7, 11) is 1.64. The zero-order valence-electron chi connectivity index (χ0n) is 16.4. The van der Waals surface area contributed by atoms with E-state index in [4.69, 9.17) is 14.2 Å². The molecule has 1 aromatic heterocycles. The van der Waals surface area contributed by atoms with Crippen molar-refractivity contribution in [2.45, 2.75) is 31.2 Å². The second kappa shape index (κ2) is 8.62. The van der Waals surface area contributed by atoms with Crippen molar-refractivity contribution in [3.05, 3.63) is 36.5 Å². The van der Waals surface area contributed by atoms with Crippen LogP contribution in [0.4, 0.5) is 10.7 Å². The van der Waals surface area contributed by atoms with Crippen LogP contribution in [0.1, 0.15) is 6.92 Å². The highest BCUT2D eigenvalue weighted by Crippen LogP contribution is 2.29. The second-order valence-corrected chi connectivity index (χ2v) is 6.95. The fourth-order valence-corrected chi connectivity index (χ4v) is 3.64. The molecule has 2 amide bonds. The number of amides is 2. The Morgan fingerprint density at radius 2 is 1.86 bits per heavy atom. The van der Waals surface area contributed by atoms with Gasteiger partial charge in [-0.1, -0.05) is 0 Å². The van der Waals surface area contributed by atoms with Gasteiger partial charge in [0.05, 0.1) is 38.1 Å². The molecule has 0 saturated carbocycles. The molecule has 2 saturated heterocycles. The summed E-state index contributed by atoms with van der Waals surface area (Å²) in [4.78, 5) is 20.7. The predicted molar refractivity (Wildman–Crippen MR) is 107 cm³/mol. The number of hydrogen-bond donors (Lipinski definition) is 3. The van der Waals surface area contributed by atoms with E-state index in [1.807, 2.05) is 37.3 Å². The monoisotopic (exact) mass is 399 g/mol. The van der Waals surface area contributed by atoms with Gasteiger partial charge in [-0.2, -0.15) is 0 Å². The molecule has 0 spiro atoms. The zero-order valence-corrected chi connectivity index (χ0v) is 16.4. The van der Waals surface area contributed by atoms with E-state index in [2.05, 4.69) is 25.9 Å². The van der Waals surface area contributed by atoms with Gasteiger partial charge in [-0.05, 0) is 37.3 Å². The van der Waals surface area contributed by atoms with E-state index in [0.29, 0.717) is 25.7 Å². The summed E-state index contributed by atoms with van der Waals surface area (Å²) in [6.45, 7) is 3.32. The Hall–Kier alpha value is -2.91. The molecule has 2 aliphatic rings. The van der Waals surface area contributed by atoms with Crippen molar-refractivity contribution in [1.29, 1.82) is 0 Å². The summed E-state index contributed by atoms with van der Waals surface area (Å²) >= 11 is 0. The maximum Gasteiger partial charge on any atom is 0.315 e. The summed E-state index contributed by atoms with van der Waals surface area (Å²) in [5.41, 5.74) is 1.78. The van der Waals surface area contributed by atoms with E-state index >= 15 is 0 Å². The summed E-state index contributed by atoms with van der Waals surface area (Å²) in [5.74, 6) is 1.31. The van der Waals surface area contributed by atoms with Crippen LogP contribution in [0, 0.1) is 0 Å². The fourth-order valence-electron chi connectivity index (χ4n) is 3.64. The molecule has 0 unspecified atom stereocenters. The Kier molecular flexibility index (Phi) is 5.77. The number of benzene rings is 1. The van der Waals surface area contributed by atoms with Crippen molar-refractivity contribution in [1.82, 2.24) is 20.6 Å². The quantitative estimate of drug-likeness (QED) is 0.674. The van der Waals surface area contributed by atoms with E-state index in [-0.39, 0.29) is 30.3 Å². The highest BCUT2D eigenvalue weighted by molar-refractivity contribution is 5.74. The van der Waals surface area contributed by atoms with Crippen molar-refractivity contribution in [2.24, 2.45) is 0 Å². The lowest BCUT2D eigenvalue weighted by atomic mass is 10.1. The van der Waals surface area contributed by atoms with Gasteiger partial charge in [-0.15, -0.1) is 0 Å². The van der Waals surface area contributed by atoms with E-state index in [1.165, 1.54) is 0 Å². The number of fused-ring (bicyclic) bond motifs is 1. The maximum atomic E-state index is 11.8. The minimum absolute atomic E-state index is 0.0906. The van der Waals surface area contributed by atoms with E-state index < -0.39 is 0 Å². The van der Waals surface area contributed by atoms with Crippen LogP contribution >= 0.6 is 0 Å². The Labute approximate surface area is 169 Å². The Bertz CT molecular complexity index is 847. The molecule has 1 aromatic carbocycles. The molecule has 0 aliphatic carbocycles. The summed E-state index contributed by atoms with van der Waals surface area (Å²) in [6.07, 6.45) is 1.35. The molecule has 29 heavy (non-hydrogen) atoms. The number of nitrogens with zero attached hydrogens (tertiary/aromatic N) is 2. The Balaban J connectivity index is 1.41. The van der Waals surface area contributed by atoms with Crippen molar-refractivity contribution in [2.75, 3.05) is 32.2 Å². The lowest BCUT2D eigenvalue weighted by Gasteiger charge is -2.18. The summed E-state index contributed by atoms with van der Waals surface area (Å²) < 4.78 is 17.0. The van der Waals surface area contributed by atoms with Crippen LogP contribution in [0.25, 0.3) is 11.3 Å². The topological polar surface area (TPSA) is 107 Å². The molecule has 0 radical (unpaired) electrons. The minimum atomic E-state index is -0.211. The lowest BCUT2D eigenvalue weighted by Crippen LogP contribution is -2.48. The SMILES string of the molecule is CCNC(=O)N[C@H]1CO[C@H]2[C@@H]1OC[C@@H]2Nc1nccc(-c2ccc(OC)cc2)n1. The van der Waals surface area contributed by atoms with Gasteiger partial charge in [0.15, 0.2) is 0 Å². The van der Waals surface area contributed by atoms with Gasteiger partial charge in [-0.3, -0.25) is 0 Å². The third-order valence-corrected chi connectivity index (χ3v) is 5.06. The van der Waals surface area contributed by atoms with Crippen molar-refractivity contribution >= 4 is 12.0 Å². The van der Waals surface area contributed by atoms with Gasteiger partial charge < -0.3 is 30.2 Å². The molecule has 3 N–H and O–H groups in total. The van der Waals surface area contributed by atoms with Crippen LogP contribution in [-0.2, 0) is 9.47 Å². The Morgan fingerprint density at radius 3 is 2.59 bits per heavy atom. The molecule has 3 heterocycles. The number of rotatable bonds is 6. The van der Waals surface area contributed by atoms with Gasteiger partial charge >= 0.3 is 6.03 Å². The van der Waals surface area contributed by atoms with Gasteiger partial charge in [0.2, 0.25) is 5.95 Å². The zero-order chi connectivity index (χ0) is 20.2. The van der Waals surface area contributed by atoms with Gasteiger partial charge in [0.25, 0.3) is 0 Å². The van der Waals surface area contributed by atoms with Crippen LogP contribution in [0.5, 0.6) is 5.75 Å². The first kappa shape index (κ1) is 19.4. The fraction of sp³-hybridized carbons (Fsp3) is 0.450. The molecule has 2 aromatic rings. The smallest absolute Gasteiger partial charge is 0.315 e. The molecule has 2 fully saturated rings.